The fraction of sp³-hybridized carbons (Fsp3) is 0.625. The van der Waals surface area contributed by atoms with Crippen LogP contribution in [0.1, 0.15) is 24.8 Å². The van der Waals surface area contributed by atoms with Crippen LogP contribution in [0.25, 0.3) is 0 Å². The monoisotopic (exact) mass is 279 g/mol. The van der Waals surface area contributed by atoms with Crippen LogP contribution in [0.4, 0.5) is 0 Å². The summed E-state index contributed by atoms with van der Waals surface area (Å²) in [5.41, 5.74) is 1.23. The van der Waals surface area contributed by atoms with Gasteiger partial charge in [-0.25, -0.2) is 0 Å². The van der Waals surface area contributed by atoms with Crippen molar-refractivity contribution >= 4 is 0 Å². The van der Waals surface area contributed by atoms with Crippen molar-refractivity contribution in [3.63, 3.8) is 0 Å². The minimum atomic E-state index is 0.257. The van der Waals surface area contributed by atoms with Gasteiger partial charge in [0.2, 0.25) is 0 Å². The van der Waals surface area contributed by atoms with Crippen molar-refractivity contribution in [3.05, 3.63) is 29.8 Å². The van der Waals surface area contributed by atoms with Gasteiger partial charge in [0.25, 0.3) is 0 Å². The molecule has 1 heterocycles. The zero-order valence-corrected chi connectivity index (χ0v) is 12.3. The van der Waals surface area contributed by atoms with Crippen LogP contribution in [0.5, 0.6) is 5.75 Å². The zero-order chi connectivity index (χ0) is 14.0. The highest BCUT2D eigenvalue weighted by Crippen LogP contribution is 2.17. The molecule has 4 heteroatoms. The molecule has 1 aromatic carbocycles. The lowest BCUT2D eigenvalue weighted by atomic mass is 10.1. The molecule has 0 aromatic heterocycles. The molecular formula is C16H25NO3. The van der Waals surface area contributed by atoms with E-state index in [1.807, 2.05) is 12.1 Å². The third kappa shape index (κ3) is 5.49. The number of benzene rings is 1. The van der Waals surface area contributed by atoms with Crippen LogP contribution in [-0.4, -0.2) is 39.6 Å². The van der Waals surface area contributed by atoms with Crippen molar-refractivity contribution in [1.29, 1.82) is 0 Å². The highest BCUT2D eigenvalue weighted by atomic mass is 16.5. The highest BCUT2D eigenvalue weighted by Gasteiger charge is 2.14. The van der Waals surface area contributed by atoms with Crippen molar-refractivity contribution in [2.75, 3.05) is 33.5 Å². The largest absolute Gasteiger partial charge is 0.491 e. The second-order valence-electron chi connectivity index (χ2n) is 5.12. The van der Waals surface area contributed by atoms with E-state index in [-0.39, 0.29) is 6.10 Å². The van der Waals surface area contributed by atoms with Gasteiger partial charge in [0.05, 0.1) is 12.7 Å². The number of hydrogen-bond donors (Lipinski definition) is 1. The number of hydrogen-bond acceptors (Lipinski definition) is 4. The molecule has 0 saturated carbocycles. The van der Waals surface area contributed by atoms with Crippen molar-refractivity contribution in [2.24, 2.45) is 0 Å². The van der Waals surface area contributed by atoms with Gasteiger partial charge in [0, 0.05) is 26.8 Å². The topological polar surface area (TPSA) is 39.7 Å². The molecule has 0 bridgehead atoms. The Hall–Kier alpha value is -1.10. The van der Waals surface area contributed by atoms with Gasteiger partial charge in [-0.3, -0.25) is 0 Å². The van der Waals surface area contributed by atoms with Gasteiger partial charge in [-0.05, 0) is 37.0 Å². The van der Waals surface area contributed by atoms with Crippen LogP contribution in [0, 0.1) is 0 Å². The Kier molecular flexibility index (Phi) is 6.84. The summed E-state index contributed by atoms with van der Waals surface area (Å²) in [6.07, 6.45) is 3.79. The maximum absolute atomic E-state index is 5.84. The van der Waals surface area contributed by atoms with Crippen LogP contribution in [0.15, 0.2) is 24.3 Å². The normalized spacial score (nSPS) is 18.9. The molecule has 1 aliphatic heterocycles. The Morgan fingerprint density at radius 3 is 3.10 bits per heavy atom. The maximum Gasteiger partial charge on any atom is 0.119 e. The zero-order valence-electron chi connectivity index (χ0n) is 12.3. The summed E-state index contributed by atoms with van der Waals surface area (Å²) in [7, 11) is 1.71. The fourth-order valence-electron chi connectivity index (χ4n) is 2.28. The van der Waals surface area contributed by atoms with E-state index in [9.17, 15) is 0 Å². The second kappa shape index (κ2) is 8.95. The van der Waals surface area contributed by atoms with Crippen LogP contribution in [-0.2, 0) is 16.0 Å². The smallest absolute Gasteiger partial charge is 0.119 e. The minimum absolute atomic E-state index is 0.257. The molecule has 1 aliphatic rings. The predicted octanol–water partition coefficient (Wildman–Crippen LogP) is 2.37. The molecule has 0 spiro atoms. The number of rotatable bonds is 8. The van der Waals surface area contributed by atoms with Gasteiger partial charge >= 0.3 is 0 Å². The third-order valence-electron chi connectivity index (χ3n) is 3.42. The Morgan fingerprint density at radius 2 is 2.30 bits per heavy atom. The molecule has 1 unspecified atom stereocenters. The molecule has 4 nitrogen and oxygen atoms in total. The molecule has 1 fully saturated rings. The summed E-state index contributed by atoms with van der Waals surface area (Å²) in [6.45, 7) is 3.95. The van der Waals surface area contributed by atoms with Gasteiger partial charge in [0.1, 0.15) is 12.4 Å². The first kappa shape index (κ1) is 15.3. The number of nitrogens with one attached hydrogen (secondary N) is 1. The van der Waals surface area contributed by atoms with Gasteiger partial charge < -0.3 is 19.5 Å². The van der Waals surface area contributed by atoms with E-state index in [2.05, 4.69) is 17.4 Å². The molecular weight excluding hydrogens is 254 g/mol. The van der Waals surface area contributed by atoms with E-state index in [0.717, 1.165) is 38.5 Å². The highest BCUT2D eigenvalue weighted by molar-refractivity contribution is 5.28. The summed E-state index contributed by atoms with van der Waals surface area (Å²) in [5, 5.41) is 3.33. The van der Waals surface area contributed by atoms with Crippen molar-refractivity contribution in [3.8, 4) is 5.75 Å². The number of methoxy groups -OCH3 is 1. The van der Waals surface area contributed by atoms with Crippen molar-refractivity contribution in [1.82, 2.24) is 5.32 Å². The minimum Gasteiger partial charge on any atom is -0.491 e. The molecule has 112 valence electrons. The van der Waals surface area contributed by atoms with Crippen molar-refractivity contribution in [2.45, 2.75) is 31.9 Å². The summed E-state index contributed by atoms with van der Waals surface area (Å²) in [6, 6.07) is 8.22. The van der Waals surface area contributed by atoms with E-state index in [1.54, 1.807) is 7.11 Å². The summed E-state index contributed by atoms with van der Waals surface area (Å²) in [4.78, 5) is 0. The van der Waals surface area contributed by atoms with Gasteiger partial charge in [-0.15, -0.1) is 0 Å². The van der Waals surface area contributed by atoms with Crippen LogP contribution in [0.3, 0.4) is 0 Å². The molecule has 0 aliphatic carbocycles. The Morgan fingerprint density at radius 1 is 1.35 bits per heavy atom. The first-order valence-electron chi connectivity index (χ1n) is 7.41. The van der Waals surface area contributed by atoms with E-state index < -0.39 is 0 Å². The second-order valence-corrected chi connectivity index (χ2v) is 5.12. The summed E-state index contributed by atoms with van der Waals surface area (Å²) >= 11 is 0. The summed E-state index contributed by atoms with van der Waals surface area (Å²) < 4.78 is 16.5. The van der Waals surface area contributed by atoms with E-state index >= 15 is 0 Å². The van der Waals surface area contributed by atoms with Crippen LogP contribution in [0.2, 0.25) is 0 Å². The SMILES string of the molecule is COCCNCc1cccc(OCC2CCCCO2)c1. The standard InChI is InChI=1S/C16H25NO3/c1-18-10-8-17-12-14-5-4-7-15(11-14)20-13-16-6-2-3-9-19-16/h4-5,7,11,16-17H,2-3,6,8-10,12-13H2,1H3. The first-order chi connectivity index (χ1) is 9.88. The van der Waals surface area contributed by atoms with E-state index in [0.29, 0.717) is 6.61 Å². The quantitative estimate of drug-likeness (QED) is 0.742. The molecule has 20 heavy (non-hydrogen) atoms. The first-order valence-corrected chi connectivity index (χ1v) is 7.41. The van der Waals surface area contributed by atoms with Crippen LogP contribution < -0.4 is 10.1 Å². The number of ether oxygens (including phenoxy) is 3. The third-order valence-corrected chi connectivity index (χ3v) is 3.42. The lowest BCUT2D eigenvalue weighted by Gasteiger charge is -2.22. The molecule has 2 rings (SSSR count). The lowest BCUT2D eigenvalue weighted by Crippen LogP contribution is -2.25. The Labute approximate surface area is 121 Å². The Balaban J connectivity index is 1.73. The molecule has 1 atom stereocenters. The average molecular weight is 279 g/mol. The average Bonchev–Trinajstić information content (AvgIpc) is 2.51. The predicted molar refractivity (Wildman–Crippen MR) is 79.1 cm³/mol. The maximum atomic E-state index is 5.84. The van der Waals surface area contributed by atoms with Crippen molar-refractivity contribution < 1.29 is 14.2 Å². The van der Waals surface area contributed by atoms with E-state index in [1.165, 1.54) is 18.4 Å². The van der Waals surface area contributed by atoms with Gasteiger partial charge in [0.15, 0.2) is 0 Å². The fourth-order valence-corrected chi connectivity index (χ4v) is 2.28. The van der Waals surface area contributed by atoms with Gasteiger partial charge in [-0.1, -0.05) is 12.1 Å². The molecule has 0 radical (unpaired) electrons. The van der Waals surface area contributed by atoms with Gasteiger partial charge in [-0.2, -0.15) is 0 Å². The summed E-state index contributed by atoms with van der Waals surface area (Å²) in [5.74, 6) is 0.921. The lowest BCUT2D eigenvalue weighted by molar-refractivity contribution is -0.0110. The molecule has 1 saturated heterocycles. The molecule has 1 N–H and O–H groups in total. The van der Waals surface area contributed by atoms with E-state index in [4.69, 9.17) is 14.2 Å². The Bertz CT molecular complexity index is 378. The molecule has 0 amide bonds. The van der Waals surface area contributed by atoms with Crippen LogP contribution >= 0.6 is 0 Å². The molecule has 1 aromatic rings.